The lowest BCUT2D eigenvalue weighted by atomic mass is 10.0. The van der Waals surface area contributed by atoms with Gasteiger partial charge in [0.1, 0.15) is 5.82 Å². The molecular formula is C14H18BrFOS. The van der Waals surface area contributed by atoms with Crippen molar-refractivity contribution in [1.29, 1.82) is 0 Å². The van der Waals surface area contributed by atoms with Gasteiger partial charge in [-0.25, -0.2) is 4.39 Å². The number of hydrogen-bond donors (Lipinski definition) is 1. The van der Waals surface area contributed by atoms with Crippen molar-refractivity contribution < 1.29 is 9.50 Å². The Bertz CT molecular complexity index is 393. The van der Waals surface area contributed by atoms with Crippen LogP contribution in [0.3, 0.4) is 0 Å². The third-order valence-electron chi connectivity index (χ3n) is 3.38. The average Bonchev–Trinajstić information content (AvgIpc) is 2.40. The summed E-state index contributed by atoms with van der Waals surface area (Å²) in [6.07, 6.45) is 5.67. The first-order valence-corrected chi connectivity index (χ1v) is 8.26. The van der Waals surface area contributed by atoms with Crippen LogP contribution in [0.1, 0.15) is 43.8 Å². The first-order valence-electron chi connectivity index (χ1n) is 6.42. The zero-order chi connectivity index (χ0) is 13.0. The predicted molar refractivity (Wildman–Crippen MR) is 78.4 cm³/mol. The van der Waals surface area contributed by atoms with E-state index in [1.54, 1.807) is 30.0 Å². The van der Waals surface area contributed by atoms with Crippen molar-refractivity contribution in [2.75, 3.05) is 5.75 Å². The molecule has 0 aliphatic heterocycles. The Morgan fingerprint density at radius 1 is 1.33 bits per heavy atom. The zero-order valence-electron chi connectivity index (χ0n) is 10.2. The molecule has 1 aliphatic carbocycles. The van der Waals surface area contributed by atoms with Crippen LogP contribution in [0.2, 0.25) is 0 Å². The summed E-state index contributed by atoms with van der Waals surface area (Å²) in [5.41, 5.74) is 0.396. The third-order valence-corrected chi connectivity index (χ3v) is 5.45. The molecule has 1 nitrogen and oxygen atoms in total. The van der Waals surface area contributed by atoms with E-state index in [1.807, 2.05) is 0 Å². The second-order valence-corrected chi connectivity index (χ2v) is 6.94. The quantitative estimate of drug-likeness (QED) is 0.863. The van der Waals surface area contributed by atoms with Gasteiger partial charge < -0.3 is 5.11 Å². The maximum Gasteiger partial charge on any atom is 0.143 e. The third kappa shape index (κ3) is 3.72. The lowest BCUT2D eigenvalue weighted by Crippen LogP contribution is -2.12. The topological polar surface area (TPSA) is 20.2 Å². The van der Waals surface area contributed by atoms with E-state index < -0.39 is 6.10 Å². The van der Waals surface area contributed by atoms with E-state index in [9.17, 15) is 9.50 Å². The highest BCUT2D eigenvalue weighted by Gasteiger charge is 2.19. The van der Waals surface area contributed by atoms with Crippen molar-refractivity contribution in [3.8, 4) is 0 Å². The van der Waals surface area contributed by atoms with E-state index >= 15 is 0 Å². The van der Waals surface area contributed by atoms with Gasteiger partial charge in [-0.2, -0.15) is 11.8 Å². The molecule has 1 N–H and O–H groups in total. The molecule has 0 bridgehead atoms. The zero-order valence-corrected chi connectivity index (χ0v) is 12.6. The molecule has 0 heterocycles. The normalized spacial score (nSPS) is 18.8. The SMILES string of the molecule is OC(CSC1CCCCC1)c1cccc(Br)c1F. The molecule has 1 aliphatic rings. The van der Waals surface area contributed by atoms with E-state index in [2.05, 4.69) is 15.9 Å². The smallest absolute Gasteiger partial charge is 0.143 e. The number of rotatable bonds is 4. The summed E-state index contributed by atoms with van der Waals surface area (Å²) in [6.45, 7) is 0. The average molecular weight is 333 g/mol. The number of hydrogen-bond acceptors (Lipinski definition) is 2. The minimum Gasteiger partial charge on any atom is -0.387 e. The van der Waals surface area contributed by atoms with Crippen molar-refractivity contribution in [1.82, 2.24) is 0 Å². The summed E-state index contributed by atoms with van der Waals surface area (Å²) in [6, 6.07) is 5.07. The van der Waals surface area contributed by atoms with E-state index in [0.29, 0.717) is 21.0 Å². The lowest BCUT2D eigenvalue weighted by molar-refractivity contribution is 0.198. The van der Waals surface area contributed by atoms with Gasteiger partial charge in [-0.15, -0.1) is 0 Å². The number of thioether (sulfide) groups is 1. The second-order valence-electron chi connectivity index (χ2n) is 4.75. The minimum atomic E-state index is -0.713. The molecule has 1 aromatic rings. The Balaban J connectivity index is 1.90. The maximum absolute atomic E-state index is 13.8. The second kappa shape index (κ2) is 6.92. The van der Waals surface area contributed by atoms with E-state index in [4.69, 9.17) is 0 Å². The fourth-order valence-corrected chi connectivity index (χ4v) is 4.01. The summed E-state index contributed by atoms with van der Waals surface area (Å²) >= 11 is 4.93. The largest absolute Gasteiger partial charge is 0.387 e. The van der Waals surface area contributed by atoms with Crippen LogP contribution in [0, 0.1) is 5.82 Å². The van der Waals surface area contributed by atoms with Crippen molar-refractivity contribution in [3.05, 3.63) is 34.1 Å². The van der Waals surface area contributed by atoms with Crippen molar-refractivity contribution in [2.24, 2.45) is 0 Å². The summed E-state index contributed by atoms with van der Waals surface area (Å²) in [4.78, 5) is 0. The van der Waals surface area contributed by atoms with Crippen molar-refractivity contribution in [3.63, 3.8) is 0 Å². The van der Waals surface area contributed by atoms with Crippen LogP contribution >= 0.6 is 27.7 Å². The molecule has 2 rings (SSSR count). The van der Waals surface area contributed by atoms with E-state index in [0.717, 1.165) is 0 Å². The van der Waals surface area contributed by atoms with E-state index in [1.165, 1.54) is 32.1 Å². The van der Waals surface area contributed by atoms with Crippen LogP contribution < -0.4 is 0 Å². The molecule has 1 saturated carbocycles. The molecular weight excluding hydrogens is 315 g/mol. The highest BCUT2D eigenvalue weighted by Crippen LogP contribution is 2.32. The molecule has 1 atom stereocenters. The van der Waals surface area contributed by atoms with Crippen LogP contribution in [0.25, 0.3) is 0 Å². The van der Waals surface area contributed by atoms with Gasteiger partial charge in [0, 0.05) is 16.6 Å². The van der Waals surface area contributed by atoms with Crippen molar-refractivity contribution in [2.45, 2.75) is 43.5 Å². The summed E-state index contributed by atoms with van der Waals surface area (Å²) < 4.78 is 14.2. The monoisotopic (exact) mass is 332 g/mol. The standard InChI is InChI=1S/C14H18BrFOS/c15-12-8-4-7-11(14(12)16)13(17)9-18-10-5-2-1-3-6-10/h4,7-8,10,13,17H,1-3,5-6,9H2. The first-order chi connectivity index (χ1) is 8.68. The molecule has 1 fully saturated rings. The van der Waals surface area contributed by atoms with Gasteiger partial charge in [0.05, 0.1) is 10.6 Å². The first kappa shape index (κ1) is 14.4. The molecule has 1 unspecified atom stereocenters. The Morgan fingerprint density at radius 2 is 2.06 bits per heavy atom. The highest BCUT2D eigenvalue weighted by atomic mass is 79.9. The van der Waals surface area contributed by atoms with Gasteiger partial charge in [-0.1, -0.05) is 31.4 Å². The van der Waals surface area contributed by atoms with Gasteiger partial charge >= 0.3 is 0 Å². The molecule has 18 heavy (non-hydrogen) atoms. The summed E-state index contributed by atoms with van der Waals surface area (Å²) in [5.74, 6) is 0.243. The molecule has 0 spiro atoms. The number of aliphatic hydroxyl groups excluding tert-OH is 1. The van der Waals surface area contributed by atoms with Gasteiger partial charge in [0.2, 0.25) is 0 Å². The highest BCUT2D eigenvalue weighted by molar-refractivity contribution is 9.10. The fourth-order valence-electron chi connectivity index (χ4n) is 2.33. The van der Waals surface area contributed by atoms with Crippen LogP contribution in [0.4, 0.5) is 4.39 Å². The predicted octanol–water partition coefficient (Wildman–Crippen LogP) is 4.69. The lowest BCUT2D eigenvalue weighted by Gasteiger charge is -2.22. The van der Waals surface area contributed by atoms with Crippen LogP contribution in [0.15, 0.2) is 22.7 Å². The molecule has 4 heteroatoms. The number of aliphatic hydroxyl groups is 1. The molecule has 0 radical (unpaired) electrons. The maximum atomic E-state index is 13.8. The molecule has 0 amide bonds. The van der Waals surface area contributed by atoms with E-state index in [-0.39, 0.29) is 5.82 Å². The van der Waals surface area contributed by atoms with Crippen molar-refractivity contribution >= 4 is 27.7 Å². The van der Waals surface area contributed by atoms with Gasteiger partial charge in [-0.3, -0.25) is 0 Å². The van der Waals surface area contributed by atoms with Crippen LogP contribution in [-0.4, -0.2) is 16.1 Å². The molecule has 100 valence electrons. The molecule has 1 aromatic carbocycles. The Morgan fingerprint density at radius 3 is 2.78 bits per heavy atom. The number of benzene rings is 1. The molecule has 0 saturated heterocycles. The van der Waals surface area contributed by atoms with Crippen LogP contribution in [0.5, 0.6) is 0 Å². The number of halogens is 2. The van der Waals surface area contributed by atoms with Crippen LogP contribution in [-0.2, 0) is 0 Å². The Labute approximate surface area is 120 Å². The molecule has 0 aromatic heterocycles. The summed E-state index contributed by atoms with van der Waals surface area (Å²) in [7, 11) is 0. The van der Waals surface area contributed by atoms with Gasteiger partial charge in [0.25, 0.3) is 0 Å². The fraction of sp³-hybridized carbons (Fsp3) is 0.571. The minimum absolute atomic E-state index is 0.339. The Kier molecular flexibility index (Phi) is 5.52. The summed E-state index contributed by atoms with van der Waals surface area (Å²) in [5, 5.41) is 10.7. The Hall–Kier alpha value is -0.0600. The van der Waals surface area contributed by atoms with Gasteiger partial charge in [-0.05, 0) is 34.8 Å². The van der Waals surface area contributed by atoms with Gasteiger partial charge in [0.15, 0.2) is 0 Å².